The summed E-state index contributed by atoms with van der Waals surface area (Å²) in [5.74, 6) is 0.533. The van der Waals surface area contributed by atoms with E-state index in [2.05, 4.69) is 35.9 Å². The quantitative estimate of drug-likeness (QED) is 0.909. The predicted molar refractivity (Wildman–Crippen MR) is 60.5 cm³/mol. The van der Waals surface area contributed by atoms with Crippen LogP contribution >= 0.6 is 15.9 Å². The van der Waals surface area contributed by atoms with Gasteiger partial charge < -0.3 is 10.5 Å². The van der Waals surface area contributed by atoms with Crippen LogP contribution < -0.4 is 10.5 Å². The van der Waals surface area contributed by atoms with Gasteiger partial charge in [-0.05, 0) is 22.0 Å². The van der Waals surface area contributed by atoms with E-state index in [9.17, 15) is 0 Å². The Hall–Kier alpha value is -1.76. The van der Waals surface area contributed by atoms with Gasteiger partial charge in [0.2, 0.25) is 0 Å². The van der Waals surface area contributed by atoms with Crippen LogP contribution in [0, 0.1) is 0 Å². The molecule has 0 aliphatic rings. The van der Waals surface area contributed by atoms with E-state index in [0.717, 1.165) is 5.69 Å². The van der Waals surface area contributed by atoms with E-state index < -0.39 is 0 Å². The molecule has 16 heavy (non-hydrogen) atoms. The third-order valence-corrected chi connectivity index (χ3v) is 2.12. The predicted octanol–water partition coefficient (Wildman–Crippen LogP) is 1.19. The second-order valence-corrected chi connectivity index (χ2v) is 3.68. The second kappa shape index (κ2) is 4.84. The minimum atomic E-state index is 0.247. The molecule has 82 valence electrons. The summed E-state index contributed by atoms with van der Waals surface area (Å²) >= 11 is 3.19. The Morgan fingerprint density at radius 3 is 3.00 bits per heavy atom. The van der Waals surface area contributed by atoms with Crippen molar-refractivity contribution in [3.05, 3.63) is 35.1 Å². The number of rotatable bonds is 3. The number of nitrogens with two attached hydrogens (primary N) is 1. The van der Waals surface area contributed by atoms with Gasteiger partial charge >= 0.3 is 0 Å². The monoisotopic (exact) mass is 281 g/mol. The Kier molecular flexibility index (Phi) is 3.25. The van der Waals surface area contributed by atoms with E-state index in [1.165, 1.54) is 12.5 Å². The molecule has 2 rings (SSSR count). The molecule has 0 atom stereocenters. The van der Waals surface area contributed by atoms with Crippen molar-refractivity contribution in [2.45, 2.75) is 6.61 Å². The molecule has 6 nitrogen and oxygen atoms in total. The Morgan fingerprint density at radius 2 is 2.25 bits per heavy atom. The average Bonchev–Trinajstić information content (AvgIpc) is 2.32. The minimum Gasteiger partial charge on any atom is -0.469 e. The number of hydrogen-bond donors (Lipinski definition) is 1. The third-order valence-electron chi connectivity index (χ3n) is 1.74. The van der Waals surface area contributed by atoms with Crippen LogP contribution in [0.5, 0.6) is 5.88 Å². The van der Waals surface area contributed by atoms with Crippen molar-refractivity contribution in [3.8, 4) is 5.88 Å². The van der Waals surface area contributed by atoms with Gasteiger partial charge in [-0.25, -0.2) is 19.9 Å². The molecule has 2 aromatic rings. The van der Waals surface area contributed by atoms with Gasteiger partial charge in [-0.2, -0.15) is 0 Å². The van der Waals surface area contributed by atoms with Gasteiger partial charge in [0.1, 0.15) is 17.5 Å². The van der Waals surface area contributed by atoms with Crippen LogP contribution in [-0.2, 0) is 6.61 Å². The highest BCUT2D eigenvalue weighted by Crippen LogP contribution is 2.18. The summed E-state index contributed by atoms with van der Waals surface area (Å²) in [5.41, 5.74) is 6.35. The highest BCUT2D eigenvalue weighted by molar-refractivity contribution is 9.10. The lowest BCUT2D eigenvalue weighted by Gasteiger charge is -2.06. The van der Waals surface area contributed by atoms with Crippen molar-refractivity contribution in [2.75, 3.05) is 5.73 Å². The van der Waals surface area contributed by atoms with E-state index in [0.29, 0.717) is 4.60 Å². The molecule has 0 bridgehead atoms. The molecule has 0 radical (unpaired) electrons. The van der Waals surface area contributed by atoms with Gasteiger partial charge in [-0.15, -0.1) is 0 Å². The van der Waals surface area contributed by atoms with Gasteiger partial charge in [0.25, 0.3) is 5.88 Å². The summed E-state index contributed by atoms with van der Waals surface area (Å²) in [7, 11) is 0. The first-order chi connectivity index (χ1) is 7.75. The van der Waals surface area contributed by atoms with Crippen LogP contribution in [0.1, 0.15) is 5.69 Å². The number of nitrogens with zero attached hydrogens (tertiary/aromatic N) is 4. The van der Waals surface area contributed by atoms with Crippen LogP contribution in [0.15, 0.2) is 29.4 Å². The molecule has 7 heteroatoms. The first kappa shape index (κ1) is 10.7. The Labute approximate surface area is 100 Å². The number of nitrogen functional groups attached to an aromatic ring is 1. The molecule has 0 aromatic carbocycles. The van der Waals surface area contributed by atoms with Crippen LogP contribution in [0.25, 0.3) is 0 Å². The van der Waals surface area contributed by atoms with Crippen molar-refractivity contribution in [2.24, 2.45) is 0 Å². The SMILES string of the molecule is Nc1ncc(Br)nc1OCc1ccncn1. The zero-order valence-corrected chi connectivity index (χ0v) is 9.75. The lowest BCUT2D eigenvalue weighted by atomic mass is 10.4. The topological polar surface area (TPSA) is 86.8 Å². The van der Waals surface area contributed by atoms with Crippen molar-refractivity contribution >= 4 is 21.7 Å². The number of ether oxygens (including phenoxy) is 1. The Balaban J connectivity index is 2.08. The molecule has 2 aromatic heterocycles. The minimum absolute atomic E-state index is 0.247. The van der Waals surface area contributed by atoms with Crippen molar-refractivity contribution in [1.82, 2.24) is 19.9 Å². The summed E-state index contributed by atoms with van der Waals surface area (Å²) in [6.45, 7) is 0.276. The zero-order valence-electron chi connectivity index (χ0n) is 8.17. The summed E-state index contributed by atoms with van der Waals surface area (Å²) in [6, 6.07) is 1.75. The maximum absolute atomic E-state index is 5.60. The molecule has 0 amide bonds. The molecule has 0 saturated carbocycles. The van der Waals surface area contributed by atoms with Crippen LogP contribution in [0.2, 0.25) is 0 Å². The van der Waals surface area contributed by atoms with Crippen molar-refractivity contribution < 1.29 is 4.74 Å². The fourth-order valence-corrected chi connectivity index (χ4v) is 1.28. The van der Waals surface area contributed by atoms with Gasteiger partial charge in [-0.3, -0.25) is 0 Å². The maximum atomic E-state index is 5.60. The lowest BCUT2D eigenvalue weighted by Crippen LogP contribution is -2.04. The molecule has 0 fully saturated rings. The second-order valence-electron chi connectivity index (χ2n) is 2.87. The largest absolute Gasteiger partial charge is 0.469 e. The fourth-order valence-electron chi connectivity index (χ4n) is 1.01. The highest BCUT2D eigenvalue weighted by atomic mass is 79.9. The van der Waals surface area contributed by atoms with Gasteiger partial charge in [0, 0.05) is 6.20 Å². The van der Waals surface area contributed by atoms with Gasteiger partial charge in [0.05, 0.1) is 11.9 Å². The summed E-state index contributed by atoms with van der Waals surface area (Å²) in [6.07, 6.45) is 4.60. The van der Waals surface area contributed by atoms with Gasteiger partial charge in [-0.1, -0.05) is 0 Å². The standard InChI is InChI=1S/C9H8BrN5O/c10-7-3-13-8(11)9(15-7)16-4-6-1-2-12-5-14-6/h1-3,5H,4H2,(H2,11,13). The van der Waals surface area contributed by atoms with Crippen LogP contribution in [-0.4, -0.2) is 19.9 Å². The molecule has 0 unspecified atom stereocenters. The van der Waals surface area contributed by atoms with Crippen LogP contribution in [0.4, 0.5) is 5.82 Å². The lowest BCUT2D eigenvalue weighted by molar-refractivity contribution is 0.289. The highest BCUT2D eigenvalue weighted by Gasteiger charge is 2.05. The van der Waals surface area contributed by atoms with E-state index >= 15 is 0 Å². The third kappa shape index (κ3) is 2.63. The van der Waals surface area contributed by atoms with E-state index in [1.54, 1.807) is 12.3 Å². The molecular weight excluding hydrogens is 274 g/mol. The van der Waals surface area contributed by atoms with E-state index in [-0.39, 0.29) is 18.3 Å². The number of anilines is 1. The van der Waals surface area contributed by atoms with Crippen molar-refractivity contribution in [1.29, 1.82) is 0 Å². The number of aromatic nitrogens is 4. The number of halogens is 1. The van der Waals surface area contributed by atoms with Gasteiger partial charge in [0.15, 0.2) is 5.82 Å². The molecule has 0 saturated heterocycles. The zero-order chi connectivity index (χ0) is 11.4. The Morgan fingerprint density at radius 1 is 1.38 bits per heavy atom. The van der Waals surface area contributed by atoms with E-state index in [4.69, 9.17) is 10.5 Å². The summed E-state index contributed by atoms with van der Waals surface area (Å²) < 4.78 is 5.95. The van der Waals surface area contributed by atoms with Crippen molar-refractivity contribution in [3.63, 3.8) is 0 Å². The van der Waals surface area contributed by atoms with Crippen LogP contribution in [0.3, 0.4) is 0 Å². The van der Waals surface area contributed by atoms with E-state index in [1.807, 2.05) is 0 Å². The molecule has 0 spiro atoms. The average molecular weight is 282 g/mol. The molecule has 2 N–H and O–H groups in total. The first-order valence-electron chi connectivity index (χ1n) is 4.41. The normalized spacial score (nSPS) is 10.1. The molecule has 2 heterocycles. The summed E-state index contributed by atoms with van der Waals surface area (Å²) in [4.78, 5) is 15.8. The molecule has 0 aliphatic carbocycles. The smallest absolute Gasteiger partial charge is 0.258 e. The number of hydrogen-bond acceptors (Lipinski definition) is 6. The molecular formula is C9H8BrN5O. The molecule has 0 aliphatic heterocycles. The first-order valence-corrected chi connectivity index (χ1v) is 5.20. The summed E-state index contributed by atoms with van der Waals surface area (Å²) in [5, 5.41) is 0. The maximum Gasteiger partial charge on any atom is 0.258 e. The Bertz CT molecular complexity index is 479. The fraction of sp³-hybridized carbons (Fsp3) is 0.111.